The Balaban J connectivity index is 4.00. The van der Waals surface area contributed by atoms with Crippen molar-refractivity contribution in [1.29, 1.82) is 0 Å². The average molecular weight is 1090 g/mol. The SMILES string of the molecule is CCCCCC/C=C\C/C=C\CCCCCCCCCC(=O)OC(COC(=O)CCCCCCCCCCCCCCCCCCCCCCCCCCCCCCCCCCCC)COC(OCC[N+](C)(C)C)C(=O)O. The predicted octanol–water partition coefficient (Wildman–Crippen LogP) is 20.2. The zero-order chi connectivity index (χ0) is 56.2. The Bertz CT molecular complexity index is 1310. The number of esters is 2. The lowest BCUT2D eigenvalue weighted by Crippen LogP contribution is -2.40. The van der Waals surface area contributed by atoms with Crippen LogP contribution in [0.3, 0.4) is 0 Å². The minimum atomic E-state index is -1.51. The predicted molar refractivity (Wildman–Crippen MR) is 328 cm³/mol. The van der Waals surface area contributed by atoms with E-state index < -0.39 is 24.3 Å². The highest BCUT2D eigenvalue weighted by atomic mass is 16.7. The van der Waals surface area contributed by atoms with E-state index in [0.29, 0.717) is 23.9 Å². The minimum absolute atomic E-state index is 0.180. The molecule has 0 spiro atoms. The van der Waals surface area contributed by atoms with Gasteiger partial charge in [0.2, 0.25) is 0 Å². The van der Waals surface area contributed by atoms with Gasteiger partial charge in [-0.25, -0.2) is 4.79 Å². The number of rotatable bonds is 63. The van der Waals surface area contributed by atoms with Crippen molar-refractivity contribution in [2.24, 2.45) is 0 Å². The molecular formula is C68H130NO8+. The number of carboxylic acids is 1. The first kappa shape index (κ1) is 74.8. The van der Waals surface area contributed by atoms with Crippen molar-refractivity contribution in [3.05, 3.63) is 24.3 Å². The number of likely N-dealkylation sites (N-methyl/N-ethyl adjacent to an activating group) is 1. The summed E-state index contributed by atoms with van der Waals surface area (Å²) in [4.78, 5) is 37.5. The van der Waals surface area contributed by atoms with E-state index in [2.05, 4.69) is 38.2 Å². The molecule has 0 aliphatic carbocycles. The van der Waals surface area contributed by atoms with Gasteiger partial charge in [0.05, 0.1) is 34.4 Å². The summed E-state index contributed by atoms with van der Waals surface area (Å²) in [5.41, 5.74) is 0. The molecule has 0 fully saturated rings. The molecule has 0 aromatic carbocycles. The molecule has 9 heteroatoms. The summed E-state index contributed by atoms with van der Waals surface area (Å²) in [7, 11) is 5.98. The monoisotopic (exact) mass is 1090 g/mol. The Hall–Kier alpha value is -2.23. The van der Waals surface area contributed by atoms with Crippen LogP contribution in [-0.4, -0.2) is 87.4 Å². The molecule has 0 rings (SSSR count). The van der Waals surface area contributed by atoms with Crippen molar-refractivity contribution >= 4 is 17.9 Å². The highest BCUT2D eigenvalue weighted by Gasteiger charge is 2.25. The summed E-state index contributed by atoms with van der Waals surface area (Å²) in [5, 5.41) is 9.72. The van der Waals surface area contributed by atoms with Crippen LogP contribution in [0.2, 0.25) is 0 Å². The standard InChI is InChI=1S/C68H129NO8/c1-6-8-10-12-14-16-18-20-22-24-26-27-28-29-30-31-32-33-34-35-36-37-38-39-40-41-43-44-46-48-50-52-54-56-58-65(70)75-62-64(63-76-68(67(72)73)74-61-60-69(3,4)5)77-66(71)59-57-55-53-51-49-47-45-42-25-23-21-19-17-15-13-11-9-7-2/h17,19,23,25,64,68H,6-16,18,20-22,24,26-63H2,1-5H3/p+1/b19-17-,25-23-. The molecule has 0 aromatic rings. The van der Waals surface area contributed by atoms with Gasteiger partial charge in [-0.05, 0) is 44.9 Å². The Morgan fingerprint density at radius 2 is 0.701 bits per heavy atom. The fourth-order valence-electron chi connectivity index (χ4n) is 10.0. The smallest absolute Gasteiger partial charge is 0.361 e. The van der Waals surface area contributed by atoms with Gasteiger partial charge >= 0.3 is 17.9 Å². The Morgan fingerprint density at radius 3 is 1.04 bits per heavy atom. The van der Waals surface area contributed by atoms with E-state index in [0.717, 1.165) is 51.4 Å². The zero-order valence-corrected chi connectivity index (χ0v) is 51.9. The van der Waals surface area contributed by atoms with Crippen LogP contribution in [-0.2, 0) is 33.3 Å². The van der Waals surface area contributed by atoms with Gasteiger partial charge in [-0.3, -0.25) is 9.59 Å². The lowest BCUT2D eigenvalue weighted by Gasteiger charge is -2.25. The molecule has 77 heavy (non-hydrogen) atoms. The van der Waals surface area contributed by atoms with Gasteiger partial charge in [0, 0.05) is 12.8 Å². The molecule has 9 nitrogen and oxygen atoms in total. The van der Waals surface area contributed by atoms with E-state index in [9.17, 15) is 19.5 Å². The zero-order valence-electron chi connectivity index (χ0n) is 51.9. The number of allylic oxidation sites excluding steroid dienone is 4. The normalized spacial score (nSPS) is 12.8. The number of carbonyl (C=O) groups is 3. The van der Waals surface area contributed by atoms with Gasteiger partial charge < -0.3 is 28.5 Å². The first-order valence-corrected chi connectivity index (χ1v) is 33.5. The number of carboxylic acid groups (broad SMARTS) is 1. The summed E-state index contributed by atoms with van der Waals surface area (Å²) in [6.45, 7) is 4.91. The molecule has 0 aliphatic heterocycles. The number of aliphatic carboxylic acids is 1. The fraction of sp³-hybridized carbons (Fsp3) is 0.897. The van der Waals surface area contributed by atoms with Gasteiger partial charge in [-0.15, -0.1) is 0 Å². The number of unbranched alkanes of at least 4 members (excludes halogenated alkanes) is 44. The highest BCUT2D eigenvalue weighted by Crippen LogP contribution is 2.19. The third-order valence-electron chi connectivity index (χ3n) is 15.2. The Labute approximate surface area is 478 Å². The maximum absolute atomic E-state index is 12.9. The van der Waals surface area contributed by atoms with Gasteiger partial charge in [-0.2, -0.15) is 0 Å². The Kier molecular flexibility index (Phi) is 58.1. The molecule has 0 radical (unpaired) electrons. The van der Waals surface area contributed by atoms with Gasteiger partial charge in [0.1, 0.15) is 13.2 Å². The van der Waals surface area contributed by atoms with E-state index in [1.165, 1.54) is 250 Å². The summed E-state index contributed by atoms with van der Waals surface area (Å²) in [6.07, 6.45) is 70.1. The van der Waals surface area contributed by atoms with Crippen molar-refractivity contribution in [3.8, 4) is 0 Å². The number of hydrogen-bond donors (Lipinski definition) is 1. The van der Waals surface area contributed by atoms with Crippen molar-refractivity contribution < 1.29 is 42.9 Å². The summed E-state index contributed by atoms with van der Waals surface area (Å²) >= 11 is 0. The largest absolute Gasteiger partial charge is 0.477 e. The molecule has 0 heterocycles. The van der Waals surface area contributed by atoms with E-state index in [-0.39, 0.29) is 32.2 Å². The Morgan fingerprint density at radius 1 is 0.390 bits per heavy atom. The van der Waals surface area contributed by atoms with E-state index in [1.54, 1.807) is 0 Å². The number of hydrogen-bond acceptors (Lipinski definition) is 7. The molecule has 2 unspecified atom stereocenters. The quantitative estimate of drug-likeness (QED) is 0.0211. The van der Waals surface area contributed by atoms with Crippen LogP contribution in [0.5, 0.6) is 0 Å². The molecule has 2 atom stereocenters. The first-order chi connectivity index (χ1) is 37.6. The fourth-order valence-corrected chi connectivity index (χ4v) is 10.0. The third kappa shape index (κ3) is 61.2. The summed E-state index contributed by atoms with van der Waals surface area (Å²) < 4.78 is 22.9. The van der Waals surface area contributed by atoms with E-state index in [4.69, 9.17) is 18.9 Å². The van der Waals surface area contributed by atoms with Crippen LogP contribution < -0.4 is 0 Å². The second kappa shape index (κ2) is 59.9. The molecule has 0 amide bonds. The van der Waals surface area contributed by atoms with Gasteiger partial charge in [-0.1, -0.05) is 301 Å². The van der Waals surface area contributed by atoms with Crippen molar-refractivity contribution in [3.63, 3.8) is 0 Å². The van der Waals surface area contributed by atoms with Crippen LogP contribution in [0.4, 0.5) is 0 Å². The van der Waals surface area contributed by atoms with Crippen molar-refractivity contribution in [2.45, 2.75) is 347 Å². The lowest BCUT2D eigenvalue weighted by molar-refractivity contribution is -0.870. The third-order valence-corrected chi connectivity index (χ3v) is 15.2. The molecule has 0 saturated heterocycles. The van der Waals surface area contributed by atoms with Crippen LogP contribution in [0.25, 0.3) is 0 Å². The summed E-state index contributed by atoms with van der Waals surface area (Å²) in [6, 6.07) is 0. The van der Waals surface area contributed by atoms with E-state index in [1.807, 2.05) is 21.1 Å². The van der Waals surface area contributed by atoms with E-state index >= 15 is 0 Å². The highest BCUT2D eigenvalue weighted by molar-refractivity contribution is 5.71. The maximum atomic E-state index is 12.9. The van der Waals surface area contributed by atoms with Crippen molar-refractivity contribution in [1.82, 2.24) is 0 Å². The molecule has 0 aromatic heterocycles. The minimum Gasteiger partial charge on any atom is -0.477 e. The van der Waals surface area contributed by atoms with Crippen LogP contribution in [0, 0.1) is 0 Å². The number of quaternary nitrogens is 1. The maximum Gasteiger partial charge on any atom is 0.361 e. The molecular weight excluding hydrogens is 959 g/mol. The second-order valence-corrected chi connectivity index (χ2v) is 24.1. The van der Waals surface area contributed by atoms with Gasteiger partial charge in [0.15, 0.2) is 6.10 Å². The molecule has 0 saturated carbocycles. The number of carbonyl (C=O) groups excluding carboxylic acids is 2. The second-order valence-electron chi connectivity index (χ2n) is 24.1. The van der Waals surface area contributed by atoms with Crippen LogP contribution in [0.1, 0.15) is 335 Å². The molecule has 454 valence electrons. The molecule has 0 aliphatic rings. The lowest BCUT2D eigenvalue weighted by atomic mass is 10.0. The molecule has 0 bridgehead atoms. The number of nitrogens with zero attached hydrogens (tertiary/aromatic N) is 1. The van der Waals surface area contributed by atoms with Crippen LogP contribution in [0.15, 0.2) is 24.3 Å². The first-order valence-electron chi connectivity index (χ1n) is 33.5. The van der Waals surface area contributed by atoms with Crippen LogP contribution >= 0.6 is 0 Å². The van der Waals surface area contributed by atoms with Gasteiger partial charge in [0.25, 0.3) is 6.29 Å². The number of ether oxygens (including phenoxy) is 4. The van der Waals surface area contributed by atoms with Crippen molar-refractivity contribution in [2.75, 3.05) is 47.5 Å². The average Bonchev–Trinajstić information content (AvgIpc) is 3.40. The molecule has 1 N–H and O–H groups in total. The topological polar surface area (TPSA) is 108 Å². The summed E-state index contributed by atoms with van der Waals surface area (Å²) in [5.74, 6) is -1.99.